The molecule has 7 nitrogen and oxygen atoms in total. The third kappa shape index (κ3) is 6.35. The van der Waals surface area contributed by atoms with Crippen LogP contribution in [0.2, 0.25) is 0 Å². The molecule has 0 aliphatic carbocycles. The van der Waals surface area contributed by atoms with Crippen molar-refractivity contribution in [2.45, 2.75) is 26.4 Å². The maximum absolute atomic E-state index is 14.6. The molecule has 0 radical (unpaired) electrons. The molecule has 0 bridgehead atoms. The van der Waals surface area contributed by atoms with E-state index in [1.165, 1.54) is 0 Å². The van der Waals surface area contributed by atoms with E-state index in [-0.39, 0.29) is 29.8 Å². The Labute approximate surface area is 211 Å². The predicted molar refractivity (Wildman–Crippen MR) is 142 cm³/mol. The van der Waals surface area contributed by atoms with E-state index in [0.29, 0.717) is 31.4 Å². The van der Waals surface area contributed by atoms with Crippen molar-refractivity contribution in [1.82, 2.24) is 20.2 Å². The fraction of sp³-hybridized carbons (Fsp3) is 0.417. The summed E-state index contributed by atoms with van der Waals surface area (Å²) in [4.78, 5) is 10.9. The van der Waals surface area contributed by atoms with Crippen LogP contribution in [-0.4, -0.2) is 55.4 Å². The molecule has 0 spiro atoms. The van der Waals surface area contributed by atoms with Crippen molar-refractivity contribution in [2.24, 2.45) is 4.99 Å². The summed E-state index contributed by atoms with van der Waals surface area (Å²) in [7, 11) is 1.74. The maximum atomic E-state index is 14.6. The minimum atomic E-state index is -0.197. The molecule has 0 unspecified atom stereocenters. The molecule has 0 saturated carbocycles. The normalized spacial score (nSPS) is 14.3. The highest BCUT2D eigenvalue weighted by Crippen LogP contribution is 2.21. The van der Waals surface area contributed by atoms with Gasteiger partial charge in [-0.25, -0.2) is 9.37 Å². The molecule has 1 saturated heterocycles. The number of aliphatic imine (C=N–C) groups is 1. The van der Waals surface area contributed by atoms with Crippen LogP contribution in [0.3, 0.4) is 0 Å². The fourth-order valence-corrected chi connectivity index (χ4v) is 4.05. The van der Waals surface area contributed by atoms with Crippen LogP contribution < -0.4 is 15.5 Å². The van der Waals surface area contributed by atoms with Gasteiger partial charge in [-0.3, -0.25) is 4.99 Å². The first-order valence-corrected chi connectivity index (χ1v) is 11.1. The lowest BCUT2D eigenvalue weighted by atomic mass is 10.1. The summed E-state index contributed by atoms with van der Waals surface area (Å²) in [5.74, 6) is 1.53. The van der Waals surface area contributed by atoms with Crippen molar-refractivity contribution >= 4 is 46.7 Å². The molecule has 33 heavy (non-hydrogen) atoms. The van der Waals surface area contributed by atoms with Gasteiger partial charge < -0.3 is 24.8 Å². The molecule has 1 aromatic heterocycles. The van der Waals surface area contributed by atoms with Crippen molar-refractivity contribution in [3.05, 3.63) is 59.7 Å². The Bertz CT molecular complexity index is 1080. The van der Waals surface area contributed by atoms with E-state index < -0.39 is 0 Å². The first-order valence-electron chi connectivity index (χ1n) is 11.1. The van der Waals surface area contributed by atoms with Crippen LogP contribution in [0.5, 0.6) is 0 Å². The van der Waals surface area contributed by atoms with Gasteiger partial charge in [0, 0.05) is 39.8 Å². The highest BCUT2D eigenvalue weighted by Gasteiger charge is 2.15. The van der Waals surface area contributed by atoms with Crippen LogP contribution in [0.1, 0.15) is 17.8 Å². The highest BCUT2D eigenvalue weighted by atomic mass is 127. The molecular weight excluding hydrogens is 534 g/mol. The number of halogens is 2. The summed E-state index contributed by atoms with van der Waals surface area (Å²) in [5, 5.41) is 6.60. The predicted octanol–water partition coefficient (Wildman–Crippen LogP) is 3.69. The van der Waals surface area contributed by atoms with Crippen LogP contribution in [-0.2, 0) is 17.8 Å². The first-order chi connectivity index (χ1) is 15.7. The number of anilines is 1. The molecule has 1 fully saturated rings. The van der Waals surface area contributed by atoms with E-state index in [2.05, 4.69) is 31.2 Å². The van der Waals surface area contributed by atoms with Crippen molar-refractivity contribution in [1.29, 1.82) is 0 Å². The molecule has 2 aromatic carbocycles. The minimum Gasteiger partial charge on any atom is -0.378 e. The average Bonchev–Trinajstić information content (AvgIpc) is 3.14. The number of fused-ring (bicyclic) bond motifs is 1. The molecule has 2 heterocycles. The number of nitrogens with one attached hydrogen (secondary N) is 2. The van der Waals surface area contributed by atoms with Gasteiger partial charge in [0.15, 0.2) is 5.96 Å². The number of aromatic nitrogens is 2. The van der Waals surface area contributed by atoms with E-state index in [9.17, 15) is 4.39 Å². The number of nitrogens with zero attached hydrogens (tertiary/aromatic N) is 4. The lowest BCUT2D eigenvalue weighted by Gasteiger charge is -2.29. The Morgan fingerprint density at radius 1 is 1.15 bits per heavy atom. The lowest BCUT2D eigenvalue weighted by molar-refractivity contribution is 0.122. The van der Waals surface area contributed by atoms with Gasteiger partial charge in [0.25, 0.3) is 0 Å². The molecule has 9 heteroatoms. The largest absolute Gasteiger partial charge is 0.378 e. The topological polar surface area (TPSA) is 66.7 Å². The number of benzene rings is 2. The number of hydrogen-bond donors (Lipinski definition) is 2. The monoisotopic (exact) mass is 566 g/mol. The number of ether oxygens (including phenoxy) is 1. The van der Waals surface area contributed by atoms with Gasteiger partial charge in [-0.2, -0.15) is 0 Å². The first kappa shape index (κ1) is 25.2. The fourth-order valence-electron chi connectivity index (χ4n) is 4.05. The van der Waals surface area contributed by atoms with Gasteiger partial charge in [0.2, 0.25) is 0 Å². The number of morpholine rings is 1. The summed E-state index contributed by atoms with van der Waals surface area (Å²) in [6.07, 6.45) is 0.935. The Morgan fingerprint density at radius 3 is 2.70 bits per heavy atom. The highest BCUT2D eigenvalue weighted by molar-refractivity contribution is 14.0. The zero-order valence-electron chi connectivity index (χ0n) is 19.2. The second-order valence-electron chi connectivity index (χ2n) is 7.89. The number of guanidine groups is 1. The van der Waals surface area contributed by atoms with Crippen LogP contribution in [0, 0.1) is 12.7 Å². The smallest absolute Gasteiger partial charge is 0.191 e. The number of imidazole rings is 1. The third-order valence-corrected chi connectivity index (χ3v) is 5.74. The van der Waals surface area contributed by atoms with Gasteiger partial charge in [0.05, 0.1) is 29.9 Å². The van der Waals surface area contributed by atoms with Gasteiger partial charge in [0.1, 0.15) is 11.6 Å². The van der Waals surface area contributed by atoms with E-state index in [0.717, 1.165) is 55.0 Å². The Kier molecular flexibility index (Phi) is 9.30. The standard InChI is InChI=1S/C24H31FN6O.HI/c1-18-29-21-6-3-4-7-23(21)31(18)11-5-10-27-24(26-2)28-17-19-8-9-22(20(25)16-19)30-12-14-32-15-13-30;/h3-4,6-9,16H,5,10-15,17H2,1-2H3,(H2,26,27,28);1H. The Morgan fingerprint density at radius 2 is 1.94 bits per heavy atom. The summed E-state index contributed by atoms with van der Waals surface area (Å²) >= 11 is 0. The van der Waals surface area contributed by atoms with Gasteiger partial charge in [-0.1, -0.05) is 18.2 Å². The second-order valence-corrected chi connectivity index (χ2v) is 7.89. The Hall–Kier alpha value is -2.40. The number of hydrogen-bond acceptors (Lipinski definition) is 4. The zero-order valence-corrected chi connectivity index (χ0v) is 21.5. The SMILES string of the molecule is CN=C(NCCCn1c(C)nc2ccccc21)NCc1ccc(N2CCOCC2)c(F)c1.I. The lowest BCUT2D eigenvalue weighted by Crippen LogP contribution is -2.38. The van der Waals surface area contributed by atoms with Crippen molar-refractivity contribution in [3.8, 4) is 0 Å². The molecule has 1 aliphatic rings. The van der Waals surface area contributed by atoms with Gasteiger partial charge in [-0.15, -0.1) is 24.0 Å². The molecule has 0 atom stereocenters. The van der Waals surface area contributed by atoms with Crippen LogP contribution in [0.25, 0.3) is 11.0 Å². The van der Waals surface area contributed by atoms with E-state index in [1.54, 1.807) is 13.1 Å². The van der Waals surface area contributed by atoms with Crippen LogP contribution in [0.4, 0.5) is 10.1 Å². The average molecular weight is 566 g/mol. The third-order valence-electron chi connectivity index (χ3n) is 5.74. The minimum absolute atomic E-state index is 0. The quantitative estimate of drug-likeness (QED) is 0.198. The number of para-hydroxylation sites is 2. The van der Waals surface area contributed by atoms with E-state index in [1.807, 2.05) is 42.2 Å². The molecule has 1 aliphatic heterocycles. The summed E-state index contributed by atoms with van der Waals surface area (Å²) in [6.45, 7) is 6.92. The Balaban J connectivity index is 0.00000306. The maximum Gasteiger partial charge on any atom is 0.191 e. The van der Waals surface area contributed by atoms with Crippen molar-refractivity contribution < 1.29 is 9.13 Å². The van der Waals surface area contributed by atoms with Crippen molar-refractivity contribution in [2.75, 3.05) is 44.8 Å². The zero-order chi connectivity index (χ0) is 22.3. The van der Waals surface area contributed by atoms with Crippen molar-refractivity contribution in [3.63, 3.8) is 0 Å². The molecule has 178 valence electrons. The molecule has 2 N–H and O–H groups in total. The van der Waals surface area contributed by atoms with E-state index in [4.69, 9.17) is 4.74 Å². The van der Waals surface area contributed by atoms with Crippen LogP contribution in [0.15, 0.2) is 47.5 Å². The number of rotatable bonds is 7. The number of aryl methyl sites for hydroxylation is 2. The summed E-state index contributed by atoms with van der Waals surface area (Å²) in [5.41, 5.74) is 3.71. The summed E-state index contributed by atoms with van der Waals surface area (Å²) in [6, 6.07) is 13.6. The molecule has 0 amide bonds. The molecule has 3 aromatic rings. The van der Waals surface area contributed by atoms with Crippen LogP contribution >= 0.6 is 24.0 Å². The van der Waals surface area contributed by atoms with Gasteiger partial charge >= 0.3 is 0 Å². The molecular formula is C24H32FIN6O. The summed E-state index contributed by atoms with van der Waals surface area (Å²) < 4.78 is 22.2. The molecule has 4 rings (SSSR count). The van der Waals surface area contributed by atoms with Gasteiger partial charge in [-0.05, 0) is 43.2 Å². The van der Waals surface area contributed by atoms with E-state index >= 15 is 0 Å². The second kappa shape index (κ2) is 12.2.